The number of fused-ring (bicyclic) bond motifs is 1. The number of ether oxygens (including phenoxy) is 3. The maximum absolute atomic E-state index is 12.5. The summed E-state index contributed by atoms with van der Waals surface area (Å²) in [4.78, 5) is 23.3. The van der Waals surface area contributed by atoms with E-state index in [1.165, 1.54) is 6.07 Å². The van der Waals surface area contributed by atoms with E-state index in [-0.39, 0.29) is 25.7 Å². The zero-order chi connectivity index (χ0) is 17.8. The van der Waals surface area contributed by atoms with Gasteiger partial charge >= 0.3 is 0 Å². The number of halogens is 1. The fourth-order valence-corrected chi connectivity index (χ4v) is 2.52. The Hall–Kier alpha value is -2.93. The molecule has 2 amide bonds. The van der Waals surface area contributed by atoms with E-state index >= 15 is 0 Å². The summed E-state index contributed by atoms with van der Waals surface area (Å²) in [5.41, 5.74) is 5.87. The molecule has 0 unspecified atom stereocenters. The lowest BCUT2D eigenvalue weighted by atomic mass is 10.1. The molecule has 0 spiro atoms. The Kier molecular flexibility index (Phi) is 4.95. The molecule has 0 saturated carbocycles. The van der Waals surface area contributed by atoms with Gasteiger partial charge in [-0.25, -0.2) is 0 Å². The van der Waals surface area contributed by atoms with Crippen LogP contribution < -0.4 is 25.3 Å². The highest BCUT2D eigenvalue weighted by molar-refractivity contribution is 6.32. The van der Waals surface area contributed by atoms with Crippen LogP contribution in [0.5, 0.6) is 17.2 Å². The van der Waals surface area contributed by atoms with Crippen LogP contribution in [-0.4, -0.2) is 25.2 Å². The van der Waals surface area contributed by atoms with Crippen LogP contribution in [0.3, 0.4) is 0 Å². The average Bonchev–Trinajstić information content (AvgIpc) is 3.05. The first-order valence-corrected chi connectivity index (χ1v) is 7.83. The highest BCUT2D eigenvalue weighted by Crippen LogP contribution is 2.40. The van der Waals surface area contributed by atoms with Gasteiger partial charge in [0.2, 0.25) is 12.7 Å². The summed E-state index contributed by atoms with van der Waals surface area (Å²) >= 11 is 6.10. The fraction of sp³-hybridized carbons (Fsp3) is 0.176. The van der Waals surface area contributed by atoms with E-state index in [1.54, 1.807) is 30.3 Å². The molecule has 2 aromatic rings. The Morgan fingerprint density at radius 3 is 2.84 bits per heavy atom. The van der Waals surface area contributed by atoms with Crippen LogP contribution in [0.1, 0.15) is 16.8 Å². The number of carbonyl (C=O) groups excluding carboxylic acids is 2. The van der Waals surface area contributed by atoms with Gasteiger partial charge in [0, 0.05) is 5.56 Å². The van der Waals surface area contributed by atoms with E-state index < -0.39 is 5.91 Å². The summed E-state index contributed by atoms with van der Waals surface area (Å²) in [5, 5.41) is 3.05. The van der Waals surface area contributed by atoms with E-state index in [0.717, 1.165) is 0 Å². The molecule has 3 rings (SSSR count). The van der Waals surface area contributed by atoms with Crippen LogP contribution >= 0.6 is 11.6 Å². The molecule has 0 fully saturated rings. The van der Waals surface area contributed by atoms with Gasteiger partial charge in [-0.3, -0.25) is 9.59 Å². The van der Waals surface area contributed by atoms with Gasteiger partial charge in [0.25, 0.3) is 5.91 Å². The van der Waals surface area contributed by atoms with Crippen molar-refractivity contribution < 1.29 is 23.8 Å². The van der Waals surface area contributed by atoms with Crippen LogP contribution in [0, 0.1) is 0 Å². The Morgan fingerprint density at radius 1 is 1.24 bits per heavy atom. The lowest BCUT2D eigenvalue weighted by Crippen LogP contribution is -2.16. The molecule has 0 aromatic heterocycles. The molecule has 25 heavy (non-hydrogen) atoms. The van der Waals surface area contributed by atoms with Crippen molar-refractivity contribution in [3.8, 4) is 17.2 Å². The van der Waals surface area contributed by atoms with Crippen LogP contribution in [-0.2, 0) is 4.79 Å². The smallest absolute Gasteiger partial charge is 0.255 e. The third kappa shape index (κ3) is 3.95. The third-order valence-electron chi connectivity index (χ3n) is 3.43. The molecule has 1 aliphatic rings. The van der Waals surface area contributed by atoms with Crippen LogP contribution in [0.25, 0.3) is 0 Å². The SMILES string of the molecule is NC(=O)CCOc1ccccc1NC(=O)c1cc(Cl)c2c(c1)OCO2. The molecular weight excluding hydrogens is 348 g/mol. The van der Waals surface area contributed by atoms with Gasteiger partial charge in [-0.1, -0.05) is 23.7 Å². The van der Waals surface area contributed by atoms with E-state index in [0.29, 0.717) is 33.5 Å². The van der Waals surface area contributed by atoms with Gasteiger partial charge in [0.15, 0.2) is 11.5 Å². The van der Waals surface area contributed by atoms with Crippen molar-refractivity contribution in [3.05, 3.63) is 47.0 Å². The van der Waals surface area contributed by atoms with Gasteiger partial charge in [0.05, 0.1) is 23.7 Å². The topological polar surface area (TPSA) is 99.9 Å². The first kappa shape index (κ1) is 16.9. The average molecular weight is 363 g/mol. The Bertz CT molecular complexity index is 825. The van der Waals surface area contributed by atoms with Crippen LogP contribution in [0.2, 0.25) is 5.02 Å². The second kappa shape index (κ2) is 7.31. The molecule has 8 heteroatoms. The molecule has 130 valence electrons. The second-order valence-corrected chi connectivity index (χ2v) is 5.61. The van der Waals surface area contributed by atoms with E-state index in [1.807, 2.05) is 0 Å². The van der Waals surface area contributed by atoms with Gasteiger partial charge in [-0.05, 0) is 24.3 Å². The number of hydrogen-bond donors (Lipinski definition) is 2. The normalized spacial score (nSPS) is 11.9. The Labute approximate surface area is 148 Å². The molecule has 0 aliphatic carbocycles. The largest absolute Gasteiger partial charge is 0.491 e. The summed E-state index contributed by atoms with van der Waals surface area (Å²) in [5.74, 6) is 0.434. The molecular formula is C17H15ClN2O5. The number of primary amides is 1. The van der Waals surface area contributed by atoms with Crippen LogP contribution in [0.15, 0.2) is 36.4 Å². The monoisotopic (exact) mass is 362 g/mol. The number of anilines is 1. The van der Waals surface area contributed by atoms with E-state index in [4.69, 9.17) is 31.5 Å². The summed E-state index contributed by atoms with van der Waals surface area (Å²) in [6, 6.07) is 9.94. The number of nitrogens with one attached hydrogen (secondary N) is 1. The zero-order valence-corrected chi connectivity index (χ0v) is 13.8. The van der Waals surface area contributed by atoms with Crippen LogP contribution in [0.4, 0.5) is 5.69 Å². The first-order chi connectivity index (χ1) is 12.0. The Morgan fingerprint density at radius 2 is 2.04 bits per heavy atom. The van der Waals surface area contributed by atoms with Gasteiger partial charge in [-0.15, -0.1) is 0 Å². The molecule has 7 nitrogen and oxygen atoms in total. The summed E-state index contributed by atoms with van der Waals surface area (Å²) in [6.07, 6.45) is 0.0834. The molecule has 1 heterocycles. The molecule has 3 N–H and O–H groups in total. The quantitative estimate of drug-likeness (QED) is 0.822. The number of benzene rings is 2. The molecule has 0 atom stereocenters. The highest BCUT2D eigenvalue weighted by Gasteiger charge is 2.21. The predicted molar refractivity (Wildman–Crippen MR) is 91.3 cm³/mol. The van der Waals surface area contributed by atoms with Crippen molar-refractivity contribution in [2.24, 2.45) is 5.73 Å². The number of para-hydroxylation sites is 2. The van der Waals surface area contributed by atoms with Gasteiger partial charge in [-0.2, -0.15) is 0 Å². The fourth-order valence-electron chi connectivity index (χ4n) is 2.25. The maximum Gasteiger partial charge on any atom is 0.255 e. The minimum absolute atomic E-state index is 0.0661. The molecule has 1 aliphatic heterocycles. The van der Waals surface area contributed by atoms with Gasteiger partial charge in [0.1, 0.15) is 5.75 Å². The van der Waals surface area contributed by atoms with Crippen molar-refractivity contribution in [2.75, 3.05) is 18.7 Å². The lowest BCUT2D eigenvalue weighted by molar-refractivity contribution is -0.118. The number of nitrogens with two attached hydrogens (primary N) is 1. The molecule has 0 bridgehead atoms. The lowest BCUT2D eigenvalue weighted by Gasteiger charge is -2.12. The summed E-state index contributed by atoms with van der Waals surface area (Å²) < 4.78 is 16.0. The van der Waals surface area contributed by atoms with Crippen molar-refractivity contribution in [3.63, 3.8) is 0 Å². The molecule has 0 saturated heterocycles. The van der Waals surface area contributed by atoms with Crippen molar-refractivity contribution in [2.45, 2.75) is 6.42 Å². The van der Waals surface area contributed by atoms with E-state index in [2.05, 4.69) is 5.32 Å². The number of amides is 2. The summed E-state index contributed by atoms with van der Waals surface area (Å²) in [7, 11) is 0. The number of rotatable bonds is 6. The van der Waals surface area contributed by atoms with E-state index in [9.17, 15) is 9.59 Å². The van der Waals surface area contributed by atoms with Gasteiger partial charge < -0.3 is 25.3 Å². The van der Waals surface area contributed by atoms with Crippen molar-refractivity contribution in [1.82, 2.24) is 0 Å². The minimum Gasteiger partial charge on any atom is -0.491 e. The minimum atomic E-state index is -0.462. The van der Waals surface area contributed by atoms with Crippen molar-refractivity contribution in [1.29, 1.82) is 0 Å². The summed E-state index contributed by atoms with van der Waals surface area (Å²) in [6.45, 7) is 0.189. The molecule has 2 aromatic carbocycles. The second-order valence-electron chi connectivity index (χ2n) is 5.21. The maximum atomic E-state index is 12.5. The third-order valence-corrected chi connectivity index (χ3v) is 3.71. The molecule has 0 radical (unpaired) electrons. The standard InChI is InChI=1S/C17H15ClN2O5/c18-11-7-10(8-14-16(11)25-9-24-14)17(22)20-12-3-1-2-4-13(12)23-6-5-15(19)21/h1-4,7-8H,5-6,9H2,(H2,19,21)(H,20,22). The highest BCUT2D eigenvalue weighted by atomic mass is 35.5. The Balaban J connectivity index is 1.75. The first-order valence-electron chi connectivity index (χ1n) is 7.45. The number of carbonyl (C=O) groups is 2. The zero-order valence-electron chi connectivity index (χ0n) is 13.1. The predicted octanol–water partition coefficient (Wildman–Crippen LogP) is 2.58. The van der Waals surface area contributed by atoms with Crippen molar-refractivity contribution >= 4 is 29.1 Å². The number of hydrogen-bond acceptors (Lipinski definition) is 5.